The largest absolute Gasteiger partial charge is 0.451 e. The molecule has 0 aliphatic rings. The summed E-state index contributed by atoms with van der Waals surface area (Å²) in [5.41, 5.74) is 0.395. The zero-order valence-electron chi connectivity index (χ0n) is 10.9. The number of aryl methyl sites for hydroxylation is 1. The molecular formula is C14H17NO4. The third-order valence-corrected chi connectivity index (χ3v) is 2.87. The van der Waals surface area contributed by atoms with E-state index in [1.54, 1.807) is 6.07 Å². The Kier molecular flexibility index (Phi) is 3.59. The normalized spacial score (nSPS) is 14.3. The van der Waals surface area contributed by atoms with Crippen LogP contribution in [0.1, 0.15) is 23.0 Å². The van der Waals surface area contributed by atoms with Crippen molar-refractivity contribution in [3.63, 3.8) is 0 Å². The maximum atomic E-state index is 11.9. The first kappa shape index (κ1) is 13.6. The van der Waals surface area contributed by atoms with Gasteiger partial charge >= 0.3 is 0 Å². The van der Waals surface area contributed by atoms with Crippen molar-refractivity contribution in [2.75, 3.05) is 13.2 Å². The molecule has 0 aliphatic heterocycles. The quantitative estimate of drug-likeness (QED) is 0.774. The second-order valence-corrected chi connectivity index (χ2v) is 4.99. The summed E-state index contributed by atoms with van der Waals surface area (Å²) >= 11 is 0. The van der Waals surface area contributed by atoms with Gasteiger partial charge in [-0.25, -0.2) is 0 Å². The highest BCUT2D eigenvalue weighted by molar-refractivity contribution is 5.96. The lowest BCUT2D eigenvalue weighted by Crippen LogP contribution is -2.43. The Hall–Kier alpha value is -1.85. The molecule has 102 valence electrons. The standard InChI is InChI=1S/C14H17NO4/c1-9-3-4-11-10(5-9)6-12(19-11)13(17)15-7-14(2,18)8-16/h3-6,16,18H,7-8H2,1-2H3,(H,15,17). The van der Waals surface area contributed by atoms with Gasteiger partial charge in [-0.05, 0) is 32.0 Å². The number of rotatable bonds is 4. The van der Waals surface area contributed by atoms with Crippen molar-refractivity contribution in [3.05, 3.63) is 35.6 Å². The van der Waals surface area contributed by atoms with Crippen molar-refractivity contribution in [3.8, 4) is 0 Å². The molecule has 1 unspecified atom stereocenters. The SMILES string of the molecule is Cc1ccc2oc(C(=O)NCC(C)(O)CO)cc2c1. The van der Waals surface area contributed by atoms with Gasteiger partial charge in [0.25, 0.3) is 5.91 Å². The van der Waals surface area contributed by atoms with Gasteiger partial charge in [0.05, 0.1) is 6.61 Å². The van der Waals surface area contributed by atoms with Crippen molar-refractivity contribution in [2.24, 2.45) is 0 Å². The van der Waals surface area contributed by atoms with E-state index < -0.39 is 18.1 Å². The molecule has 5 heteroatoms. The summed E-state index contributed by atoms with van der Waals surface area (Å²) in [6.07, 6.45) is 0. The van der Waals surface area contributed by atoms with Crippen molar-refractivity contribution < 1.29 is 19.4 Å². The molecule has 5 nitrogen and oxygen atoms in total. The van der Waals surface area contributed by atoms with Crippen LogP contribution in [0.4, 0.5) is 0 Å². The third-order valence-electron chi connectivity index (χ3n) is 2.87. The summed E-state index contributed by atoms with van der Waals surface area (Å²) in [5, 5.41) is 21.9. The molecule has 0 bridgehead atoms. The van der Waals surface area contributed by atoms with Crippen molar-refractivity contribution in [1.29, 1.82) is 0 Å². The number of amides is 1. The Labute approximate surface area is 110 Å². The van der Waals surface area contributed by atoms with Crippen molar-refractivity contribution in [2.45, 2.75) is 19.4 Å². The molecule has 0 saturated carbocycles. The Bertz CT molecular complexity index is 601. The van der Waals surface area contributed by atoms with Gasteiger partial charge in [0.2, 0.25) is 0 Å². The molecule has 0 fully saturated rings. The Balaban J connectivity index is 2.13. The Morgan fingerprint density at radius 1 is 1.42 bits per heavy atom. The topological polar surface area (TPSA) is 82.7 Å². The zero-order valence-corrected chi connectivity index (χ0v) is 10.9. The number of nitrogens with one attached hydrogen (secondary N) is 1. The van der Waals surface area contributed by atoms with E-state index in [9.17, 15) is 9.90 Å². The summed E-state index contributed by atoms with van der Waals surface area (Å²) in [7, 11) is 0. The fraction of sp³-hybridized carbons (Fsp3) is 0.357. The maximum Gasteiger partial charge on any atom is 0.287 e. The smallest absolute Gasteiger partial charge is 0.287 e. The van der Waals surface area contributed by atoms with Gasteiger partial charge in [-0.3, -0.25) is 4.79 Å². The van der Waals surface area contributed by atoms with Gasteiger partial charge in [0.1, 0.15) is 11.2 Å². The average molecular weight is 263 g/mol. The van der Waals surface area contributed by atoms with E-state index in [1.807, 2.05) is 25.1 Å². The zero-order chi connectivity index (χ0) is 14.0. The number of aliphatic hydroxyl groups excluding tert-OH is 1. The van der Waals surface area contributed by atoms with Gasteiger partial charge in [0, 0.05) is 11.9 Å². The number of carbonyl (C=O) groups is 1. The molecule has 19 heavy (non-hydrogen) atoms. The van der Waals surface area contributed by atoms with Crippen molar-refractivity contribution in [1.82, 2.24) is 5.32 Å². The summed E-state index contributed by atoms with van der Waals surface area (Å²) in [6, 6.07) is 7.31. The van der Waals surface area contributed by atoms with Crippen LogP contribution in [-0.2, 0) is 0 Å². The molecule has 2 rings (SSSR count). The minimum atomic E-state index is -1.34. The molecule has 1 heterocycles. The van der Waals surface area contributed by atoms with Crippen LogP contribution in [-0.4, -0.2) is 34.9 Å². The van der Waals surface area contributed by atoms with E-state index in [1.165, 1.54) is 6.92 Å². The number of benzene rings is 1. The van der Waals surface area contributed by atoms with Gasteiger partial charge in [-0.15, -0.1) is 0 Å². The van der Waals surface area contributed by atoms with Crippen LogP contribution in [0.25, 0.3) is 11.0 Å². The predicted octanol–water partition coefficient (Wildman–Crippen LogP) is 1.21. The molecule has 1 aromatic heterocycles. The number of fused-ring (bicyclic) bond motifs is 1. The highest BCUT2D eigenvalue weighted by Gasteiger charge is 2.21. The second kappa shape index (κ2) is 5.03. The molecule has 1 aromatic carbocycles. The summed E-state index contributed by atoms with van der Waals surface area (Å²) in [6.45, 7) is 2.94. The second-order valence-electron chi connectivity index (χ2n) is 4.99. The minimum absolute atomic E-state index is 0.0432. The maximum absolute atomic E-state index is 11.9. The van der Waals surface area contributed by atoms with E-state index in [4.69, 9.17) is 9.52 Å². The first-order valence-corrected chi connectivity index (χ1v) is 6.03. The summed E-state index contributed by atoms with van der Waals surface area (Å²) in [5.74, 6) is -0.225. The van der Waals surface area contributed by atoms with Crippen LogP contribution in [0.15, 0.2) is 28.7 Å². The van der Waals surface area contributed by atoms with Gasteiger partial charge in [0.15, 0.2) is 5.76 Å². The molecule has 0 spiro atoms. The van der Waals surface area contributed by atoms with E-state index >= 15 is 0 Å². The molecular weight excluding hydrogens is 246 g/mol. The lowest BCUT2D eigenvalue weighted by atomic mass is 10.1. The first-order valence-electron chi connectivity index (χ1n) is 6.03. The molecule has 2 aromatic rings. The van der Waals surface area contributed by atoms with Gasteiger partial charge in [-0.2, -0.15) is 0 Å². The average Bonchev–Trinajstić information content (AvgIpc) is 2.79. The summed E-state index contributed by atoms with van der Waals surface area (Å²) < 4.78 is 5.43. The number of hydrogen-bond donors (Lipinski definition) is 3. The van der Waals surface area contributed by atoms with Gasteiger partial charge in [-0.1, -0.05) is 11.6 Å². The van der Waals surface area contributed by atoms with Crippen LogP contribution in [0, 0.1) is 6.92 Å². The molecule has 3 N–H and O–H groups in total. The molecule has 1 amide bonds. The van der Waals surface area contributed by atoms with E-state index in [-0.39, 0.29) is 12.3 Å². The first-order chi connectivity index (χ1) is 8.91. The number of hydrogen-bond acceptors (Lipinski definition) is 4. The van der Waals surface area contributed by atoms with E-state index in [0.717, 1.165) is 10.9 Å². The van der Waals surface area contributed by atoms with Crippen LogP contribution in [0.5, 0.6) is 0 Å². The highest BCUT2D eigenvalue weighted by Crippen LogP contribution is 2.20. The van der Waals surface area contributed by atoms with E-state index in [2.05, 4.69) is 5.32 Å². The Morgan fingerprint density at radius 3 is 2.84 bits per heavy atom. The van der Waals surface area contributed by atoms with Crippen molar-refractivity contribution >= 4 is 16.9 Å². The van der Waals surface area contributed by atoms with Crippen LogP contribution in [0.3, 0.4) is 0 Å². The van der Waals surface area contributed by atoms with E-state index in [0.29, 0.717) is 5.58 Å². The van der Waals surface area contributed by atoms with Gasteiger partial charge < -0.3 is 19.9 Å². The highest BCUT2D eigenvalue weighted by atomic mass is 16.3. The molecule has 0 saturated heterocycles. The summed E-state index contributed by atoms with van der Waals surface area (Å²) in [4.78, 5) is 11.9. The van der Waals surface area contributed by atoms with Crippen LogP contribution in [0.2, 0.25) is 0 Å². The molecule has 0 aliphatic carbocycles. The lowest BCUT2D eigenvalue weighted by Gasteiger charge is -2.19. The molecule has 0 radical (unpaired) electrons. The number of aliphatic hydroxyl groups is 2. The Morgan fingerprint density at radius 2 is 2.16 bits per heavy atom. The number of carbonyl (C=O) groups excluding carboxylic acids is 1. The fourth-order valence-electron chi connectivity index (χ4n) is 1.69. The fourth-order valence-corrected chi connectivity index (χ4v) is 1.69. The molecule has 1 atom stereocenters. The lowest BCUT2D eigenvalue weighted by molar-refractivity contribution is 0.00301. The minimum Gasteiger partial charge on any atom is -0.451 e. The van der Waals surface area contributed by atoms with Crippen LogP contribution < -0.4 is 5.32 Å². The van der Waals surface area contributed by atoms with Crippen LogP contribution >= 0.6 is 0 Å². The third kappa shape index (κ3) is 3.13. The number of furan rings is 1. The predicted molar refractivity (Wildman–Crippen MR) is 71.0 cm³/mol. The monoisotopic (exact) mass is 263 g/mol.